The fourth-order valence-electron chi connectivity index (χ4n) is 1.57. The third-order valence-corrected chi connectivity index (χ3v) is 2.87. The second-order valence-electron chi connectivity index (χ2n) is 3.75. The number of hydrogen-bond donors (Lipinski definition) is 1. The van der Waals surface area contributed by atoms with Gasteiger partial charge in [0.05, 0.1) is 23.4 Å². The maximum absolute atomic E-state index is 13.1. The molecule has 0 fully saturated rings. The van der Waals surface area contributed by atoms with Crippen LogP contribution in [-0.4, -0.2) is 18.1 Å². The van der Waals surface area contributed by atoms with E-state index >= 15 is 0 Å². The Kier molecular flexibility index (Phi) is 3.66. The van der Waals surface area contributed by atoms with Gasteiger partial charge in [0.1, 0.15) is 0 Å². The van der Waals surface area contributed by atoms with E-state index in [1.807, 2.05) is 0 Å². The highest BCUT2D eigenvalue weighted by atomic mass is 35.5. The third kappa shape index (κ3) is 2.66. The number of ether oxygens (including phenoxy) is 1. The molecule has 2 aromatic rings. The highest BCUT2D eigenvalue weighted by Crippen LogP contribution is 2.25. The molecule has 98 valence electrons. The van der Waals surface area contributed by atoms with Crippen LogP contribution in [0.1, 0.15) is 10.4 Å². The molecule has 2 N–H and O–H groups in total. The molecule has 0 unspecified atom stereocenters. The molecule has 6 heteroatoms. The van der Waals surface area contributed by atoms with Gasteiger partial charge < -0.3 is 10.5 Å². The number of nitrogens with two attached hydrogens (primary N) is 1. The summed E-state index contributed by atoms with van der Waals surface area (Å²) in [4.78, 5) is 15.4. The molecule has 0 spiro atoms. The Hall–Kier alpha value is -2.14. The first-order chi connectivity index (χ1) is 9.02. The Bertz CT molecular complexity index is 647. The lowest BCUT2D eigenvalue weighted by Gasteiger charge is -2.06. The van der Waals surface area contributed by atoms with E-state index in [1.54, 1.807) is 12.1 Å². The SMILES string of the molecule is COC(=O)c1cc(-c2ccc(F)c(N)n2)ccc1Cl. The first-order valence-electron chi connectivity index (χ1n) is 5.33. The first kappa shape index (κ1) is 13.3. The Morgan fingerprint density at radius 1 is 1.37 bits per heavy atom. The van der Waals surface area contributed by atoms with E-state index in [4.69, 9.17) is 17.3 Å². The van der Waals surface area contributed by atoms with Crippen molar-refractivity contribution in [2.75, 3.05) is 12.8 Å². The van der Waals surface area contributed by atoms with E-state index in [0.717, 1.165) is 0 Å². The second kappa shape index (κ2) is 5.24. The quantitative estimate of drug-likeness (QED) is 0.859. The Morgan fingerprint density at radius 3 is 2.74 bits per heavy atom. The van der Waals surface area contributed by atoms with Crippen molar-refractivity contribution >= 4 is 23.4 Å². The highest BCUT2D eigenvalue weighted by molar-refractivity contribution is 6.33. The maximum Gasteiger partial charge on any atom is 0.339 e. The van der Waals surface area contributed by atoms with E-state index in [0.29, 0.717) is 11.3 Å². The highest BCUT2D eigenvalue weighted by Gasteiger charge is 2.13. The molecule has 0 bridgehead atoms. The van der Waals surface area contributed by atoms with Crippen molar-refractivity contribution in [1.82, 2.24) is 4.98 Å². The zero-order chi connectivity index (χ0) is 14.0. The summed E-state index contributed by atoms with van der Waals surface area (Å²) in [5, 5.41) is 0.269. The minimum atomic E-state index is -0.592. The average molecular weight is 281 g/mol. The molecule has 1 aromatic heterocycles. The summed E-state index contributed by atoms with van der Waals surface area (Å²) in [6.07, 6.45) is 0. The molecule has 0 aliphatic heterocycles. The molecule has 0 saturated heterocycles. The Balaban J connectivity index is 2.51. The fraction of sp³-hybridized carbons (Fsp3) is 0.0769. The molecule has 1 aromatic carbocycles. The van der Waals surface area contributed by atoms with Crippen LogP contribution in [0.15, 0.2) is 30.3 Å². The van der Waals surface area contributed by atoms with E-state index in [2.05, 4.69) is 9.72 Å². The predicted molar refractivity (Wildman–Crippen MR) is 70.4 cm³/mol. The van der Waals surface area contributed by atoms with Crippen molar-refractivity contribution in [3.05, 3.63) is 46.7 Å². The van der Waals surface area contributed by atoms with Gasteiger partial charge in [-0.05, 0) is 24.3 Å². The number of rotatable bonds is 2. The van der Waals surface area contributed by atoms with Gasteiger partial charge in [-0.3, -0.25) is 0 Å². The maximum atomic E-state index is 13.1. The number of benzene rings is 1. The fourth-order valence-corrected chi connectivity index (χ4v) is 1.76. The second-order valence-corrected chi connectivity index (χ2v) is 4.16. The van der Waals surface area contributed by atoms with Gasteiger partial charge in [0.25, 0.3) is 0 Å². The van der Waals surface area contributed by atoms with Gasteiger partial charge in [0.2, 0.25) is 0 Å². The molecule has 0 aliphatic rings. The van der Waals surface area contributed by atoms with Crippen LogP contribution < -0.4 is 5.73 Å². The molecular weight excluding hydrogens is 271 g/mol. The van der Waals surface area contributed by atoms with Gasteiger partial charge in [0.15, 0.2) is 11.6 Å². The minimum Gasteiger partial charge on any atom is -0.465 e. The van der Waals surface area contributed by atoms with Crippen molar-refractivity contribution in [2.45, 2.75) is 0 Å². The molecule has 0 saturated carbocycles. The third-order valence-electron chi connectivity index (χ3n) is 2.54. The molecule has 1 heterocycles. The van der Waals surface area contributed by atoms with Crippen LogP contribution in [0.4, 0.5) is 10.2 Å². The van der Waals surface area contributed by atoms with Crippen LogP contribution in [0, 0.1) is 5.82 Å². The van der Waals surface area contributed by atoms with E-state index in [9.17, 15) is 9.18 Å². The van der Waals surface area contributed by atoms with Crippen LogP contribution in [-0.2, 0) is 4.74 Å². The van der Waals surface area contributed by atoms with Crippen molar-refractivity contribution < 1.29 is 13.9 Å². The predicted octanol–water partition coefficient (Wildman–Crippen LogP) is 2.91. The van der Waals surface area contributed by atoms with Gasteiger partial charge in [-0.25, -0.2) is 14.2 Å². The van der Waals surface area contributed by atoms with Gasteiger partial charge in [0, 0.05) is 5.56 Å². The first-order valence-corrected chi connectivity index (χ1v) is 5.71. The summed E-state index contributed by atoms with van der Waals surface area (Å²) >= 11 is 5.91. The lowest BCUT2D eigenvalue weighted by molar-refractivity contribution is 0.0601. The summed E-state index contributed by atoms with van der Waals surface area (Å²) in [7, 11) is 1.26. The molecular formula is C13H10ClFN2O2. The number of carbonyl (C=O) groups excluding carboxylic acids is 1. The number of anilines is 1. The molecule has 4 nitrogen and oxygen atoms in total. The Morgan fingerprint density at radius 2 is 2.11 bits per heavy atom. The largest absolute Gasteiger partial charge is 0.465 e. The summed E-state index contributed by atoms with van der Waals surface area (Å²) < 4.78 is 17.7. The molecule has 19 heavy (non-hydrogen) atoms. The van der Waals surface area contributed by atoms with Crippen molar-refractivity contribution in [3.63, 3.8) is 0 Å². The summed E-state index contributed by atoms with van der Waals surface area (Å²) in [5.41, 5.74) is 6.66. The molecule has 0 aliphatic carbocycles. The van der Waals surface area contributed by atoms with E-state index in [1.165, 1.54) is 25.3 Å². The molecule has 2 rings (SSSR count). The van der Waals surface area contributed by atoms with Crippen molar-refractivity contribution in [1.29, 1.82) is 0 Å². The molecule has 0 radical (unpaired) electrons. The summed E-state index contributed by atoms with van der Waals surface area (Å²) in [6, 6.07) is 7.41. The van der Waals surface area contributed by atoms with E-state index in [-0.39, 0.29) is 16.4 Å². The number of methoxy groups -OCH3 is 1. The molecule has 0 amide bonds. The average Bonchev–Trinajstić information content (AvgIpc) is 2.41. The number of pyridine rings is 1. The smallest absolute Gasteiger partial charge is 0.339 e. The summed E-state index contributed by atoms with van der Waals surface area (Å²) in [6.45, 7) is 0. The minimum absolute atomic E-state index is 0.202. The van der Waals surface area contributed by atoms with Gasteiger partial charge in [-0.1, -0.05) is 17.7 Å². The van der Waals surface area contributed by atoms with Crippen LogP contribution in [0.3, 0.4) is 0 Å². The number of hydrogen-bond acceptors (Lipinski definition) is 4. The van der Waals surface area contributed by atoms with Gasteiger partial charge in [-0.15, -0.1) is 0 Å². The number of esters is 1. The number of aromatic nitrogens is 1. The Labute approximate surface area is 114 Å². The number of carbonyl (C=O) groups is 1. The van der Waals surface area contributed by atoms with Crippen LogP contribution in [0.5, 0.6) is 0 Å². The van der Waals surface area contributed by atoms with Crippen LogP contribution >= 0.6 is 11.6 Å². The van der Waals surface area contributed by atoms with Gasteiger partial charge >= 0.3 is 5.97 Å². The zero-order valence-corrected chi connectivity index (χ0v) is 10.7. The topological polar surface area (TPSA) is 65.2 Å². The van der Waals surface area contributed by atoms with E-state index < -0.39 is 11.8 Å². The number of nitrogen functional groups attached to an aromatic ring is 1. The monoisotopic (exact) mass is 280 g/mol. The number of halogens is 2. The van der Waals surface area contributed by atoms with Gasteiger partial charge in [-0.2, -0.15) is 0 Å². The normalized spacial score (nSPS) is 10.3. The lowest BCUT2D eigenvalue weighted by atomic mass is 10.1. The standard InChI is InChI=1S/C13H10ClFN2O2/c1-19-13(18)8-6-7(2-3-9(8)14)11-5-4-10(15)12(16)17-11/h2-6H,1H3,(H2,16,17). The number of nitrogens with zero attached hydrogens (tertiary/aromatic N) is 1. The van der Waals surface area contributed by atoms with Crippen LogP contribution in [0.25, 0.3) is 11.3 Å². The molecule has 0 atom stereocenters. The summed E-state index contributed by atoms with van der Waals surface area (Å²) in [5.74, 6) is -1.35. The lowest BCUT2D eigenvalue weighted by Crippen LogP contribution is -2.03. The van der Waals surface area contributed by atoms with Crippen molar-refractivity contribution in [2.24, 2.45) is 0 Å². The zero-order valence-electron chi connectivity index (χ0n) is 9.98. The van der Waals surface area contributed by atoms with Crippen molar-refractivity contribution in [3.8, 4) is 11.3 Å². The van der Waals surface area contributed by atoms with Crippen LogP contribution in [0.2, 0.25) is 5.02 Å².